The number of nitrogens with two attached hydrogens (primary N) is 4. The number of hydrogen-bond donors (Lipinski definition) is 8. The summed E-state index contributed by atoms with van der Waals surface area (Å²) in [5, 5.41) is 10.5. The SMILES string of the molecule is CCNC(CCCN=C(N)N)C(=O)NCC(=O)NC(CCCCN)C(=O)NCC(N)=O. The Morgan fingerprint density at radius 2 is 1.48 bits per heavy atom. The number of likely N-dealkylation sites (N-methyl/N-ethyl adjacent to an activating group) is 1. The van der Waals surface area contributed by atoms with Crippen molar-refractivity contribution < 1.29 is 19.2 Å². The molecule has 4 amide bonds. The molecular formula is C18H37N9O4. The average molecular weight is 444 g/mol. The van der Waals surface area contributed by atoms with Crippen LogP contribution in [0.1, 0.15) is 39.0 Å². The van der Waals surface area contributed by atoms with Gasteiger partial charge in [-0.1, -0.05) is 6.92 Å². The molecule has 0 saturated heterocycles. The zero-order chi connectivity index (χ0) is 23.6. The van der Waals surface area contributed by atoms with Crippen molar-refractivity contribution in [2.75, 3.05) is 32.7 Å². The van der Waals surface area contributed by atoms with Gasteiger partial charge in [0.1, 0.15) is 6.04 Å². The molecule has 31 heavy (non-hydrogen) atoms. The number of rotatable bonds is 17. The first-order chi connectivity index (χ1) is 14.7. The van der Waals surface area contributed by atoms with E-state index in [0.717, 1.165) is 0 Å². The van der Waals surface area contributed by atoms with Crippen LogP contribution in [0.4, 0.5) is 0 Å². The predicted molar refractivity (Wildman–Crippen MR) is 117 cm³/mol. The van der Waals surface area contributed by atoms with Gasteiger partial charge in [-0.3, -0.25) is 24.2 Å². The summed E-state index contributed by atoms with van der Waals surface area (Å²) in [5.41, 5.74) is 21.0. The molecule has 178 valence electrons. The van der Waals surface area contributed by atoms with Gasteiger partial charge in [-0.2, -0.15) is 0 Å². The van der Waals surface area contributed by atoms with Crippen molar-refractivity contribution >= 4 is 29.6 Å². The lowest BCUT2D eigenvalue weighted by Gasteiger charge is -2.20. The number of primary amides is 1. The van der Waals surface area contributed by atoms with Crippen LogP contribution in [0.2, 0.25) is 0 Å². The molecule has 0 rings (SSSR count). The van der Waals surface area contributed by atoms with Crippen LogP contribution in [0.15, 0.2) is 4.99 Å². The Labute approximate surface area is 182 Å². The number of guanidine groups is 1. The summed E-state index contributed by atoms with van der Waals surface area (Å²) in [6.45, 7) is 2.64. The number of amides is 4. The van der Waals surface area contributed by atoms with Gasteiger partial charge in [-0.05, 0) is 45.2 Å². The molecule has 13 heteroatoms. The van der Waals surface area contributed by atoms with E-state index >= 15 is 0 Å². The first kappa shape index (κ1) is 28.1. The number of carbonyl (C=O) groups is 4. The fraction of sp³-hybridized carbons (Fsp3) is 0.722. The smallest absolute Gasteiger partial charge is 0.243 e. The quantitative estimate of drug-likeness (QED) is 0.0632. The number of unbranched alkanes of at least 4 members (excludes halogenated alkanes) is 1. The second kappa shape index (κ2) is 16.8. The van der Waals surface area contributed by atoms with E-state index in [4.69, 9.17) is 22.9 Å². The van der Waals surface area contributed by atoms with E-state index in [9.17, 15) is 19.2 Å². The molecule has 12 N–H and O–H groups in total. The zero-order valence-electron chi connectivity index (χ0n) is 18.1. The number of nitrogens with one attached hydrogen (secondary N) is 4. The predicted octanol–water partition coefficient (Wildman–Crippen LogP) is -3.65. The molecule has 2 atom stereocenters. The van der Waals surface area contributed by atoms with Crippen molar-refractivity contribution in [2.45, 2.75) is 51.1 Å². The van der Waals surface area contributed by atoms with Crippen LogP contribution < -0.4 is 44.2 Å². The van der Waals surface area contributed by atoms with Crippen molar-refractivity contribution in [3.05, 3.63) is 0 Å². The second-order valence-electron chi connectivity index (χ2n) is 6.87. The number of hydrogen-bond acceptors (Lipinski definition) is 7. The van der Waals surface area contributed by atoms with Gasteiger partial charge in [0, 0.05) is 6.54 Å². The van der Waals surface area contributed by atoms with E-state index in [-0.39, 0.29) is 25.0 Å². The second-order valence-corrected chi connectivity index (χ2v) is 6.87. The lowest BCUT2D eigenvalue weighted by Crippen LogP contribution is -2.52. The highest BCUT2D eigenvalue weighted by Crippen LogP contribution is 2.01. The molecule has 0 fully saturated rings. The van der Waals surface area contributed by atoms with E-state index in [2.05, 4.69) is 26.3 Å². The topological polar surface area (TPSA) is 233 Å². The van der Waals surface area contributed by atoms with E-state index in [1.54, 1.807) is 0 Å². The maximum atomic E-state index is 12.4. The van der Waals surface area contributed by atoms with Crippen molar-refractivity contribution in [3.8, 4) is 0 Å². The Morgan fingerprint density at radius 3 is 2.06 bits per heavy atom. The summed E-state index contributed by atoms with van der Waals surface area (Å²) < 4.78 is 0. The van der Waals surface area contributed by atoms with Crippen LogP contribution in [0, 0.1) is 0 Å². The molecule has 0 saturated carbocycles. The third-order valence-corrected chi connectivity index (χ3v) is 4.17. The lowest BCUT2D eigenvalue weighted by atomic mass is 10.1. The standard InChI is InChI=1S/C18H37N9O4/c1-2-23-12(7-5-9-24-18(21)22)16(30)26-11-15(29)27-13(6-3-4-8-19)17(31)25-10-14(20)28/h12-13,23H,2-11,19H2,1H3,(H2,20,28)(H,25,31)(H,26,30)(H,27,29)(H4,21,22,24). The minimum Gasteiger partial charge on any atom is -0.370 e. The van der Waals surface area contributed by atoms with Crippen molar-refractivity contribution in [2.24, 2.45) is 27.9 Å². The van der Waals surface area contributed by atoms with Gasteiger partial charge >= 0.3 is 0 Å². The van der Waals surface area contributed by atoms with Gasteiger partial charge in [0.15, 0.2) is 5.96 Å². The van der Waals surface area contributed by atoms with Crippen LogP contribution in [0.25, 0.3) is 0 Å². The third kappa shape index (κ3) is 14.7. The molecule has 0 aromatic rings. The Kier molecular flexibility index (Phi) is 15.2. The van der Waals surface area contributed by atoms with Crippen LogP contribution in [0.5, 0.6) is 0 Å². The monoisotopic (exact) mass is 443 g/mol. The van der Waals surface area contributed by atoms with Crippen LogP contribution >= 0.6 is 0 Å². The highest BCUT2D eigenvalue weighted by atomic mass is 16.2. The van der Waals surface area contributed by atoms with Crippen molar-refractivity contribution in [3.63, 3.8) is 0 Å². The van der Waals surface area contributed by atoms with Gasteiger partial charge in [-0.15, -0.1) is 0 Å². The maximum Gasteiger partial charge on any atom is 0.243 e. The van der Waals surface area contributed by atoms with Crippen LogP contribution in [-0.4, -0.2) is 74.4 Å². The summed E-state index contributed by atoms with van der Waals surface area (Å²) in [7, 11) is 0. The Hall–Kier alpha value is -2.93. The van der Waals surface area contributed by atoms with Gasteiger partial charge in [0.05, 0.1) is 19.1 Å². The third-order valence-electron chi connectivity index (χ3n) is 4.17. The summed E-state index contributed by atoms with van der Waals surface area (Å²) in [5.74, 6) is -2.11. The summed E-state index contributed by atoms with van der Waals surface area (Å²) in [6.07, 6.45) is 2.69. The molecule has 13 nitrogen and oxygen atoms in total. The molecule has 0 aliphatic rings. The summed E-state index contributed by atoms with van der Waals surface area (Å²) in [4.78, 5) is 51.6. The molecule has 0 radical (unpaired) electrons. The number of nitrogens with zero attached hydrogens (tertiary/aromatic N) is 1. The molecule has 0 spiro atoms. The van der Waals surface area contributed by atoms with Crippen LogP contribution in [-0.2, 0) is 19.2 Å². The Bertz CT molecular complexity index is 609. The summed E-state index contributed by atoms with van der Waals surface area (Å²) in [6, 6.07) is -1.37. The number of aliphatic imine (C=N–C) groups is 1. The normalized spacial score (nSPS) is 12.3. The van der Waals surface area contributed by atoms with Crippen molar-refractivity contribution in [1.82, 2.24) is 21.3 Å². The Balaban J connectivity index is 4.67. The highest BCUT2D eigenvalue weighted by molar-refractivity contribution is 5.92. The van der Waals surface area contributed by atoms with Gasteiger partial charge in [0.2, 0.25) is 23.6 Å². The van der Waals surface area contributed by atoms with Gasteiger partial charge < -0.3 is 44.2 Å². The molecule has 2 unspecified atom stereocenters. The van der Waals surface area contributed by atoms with Crippen molar-refractivity contribution in [1.29, 1.82) is 0 Å². The van der Waals surface area contributed by atoms with E-state index in [1.807, 2.05) is 6.92 Å². The first-order valence-electron chi connectivity index (χ1n) is 10.3. The lowest BCUT2D eigenvalue weighted by molar-refractivity contribution is -0.131. The highest BCUT2D eigenvalue weighted by Gasteiger charge is 2.22. The van der Waals surface area contributed by atoms with E-state index in [0.29, 0.717) is 51.7 Å². The molecule has 0 bridgehead atoms. The molecule has 0 heterocycles. The zero-order valence-corrected chi connectivity index (χ0v) is 18.1. The Morgan fingerprint density at radius 1 is 0.871 bits per heavy atom. The van der Waals surface area contributed by atoms with Gasteiger partial charge in [0.25, 0.3) is 0 Å². The minimum absolute atomic E-state index is 0.0120. The molecule has 0 aliphatic carbocycles. The van der Waals surface area contributed by atoms with Gasteiger partial charge in [-0.25, -0.2) is 0 Å². The minimum atomic E-state index is -0.862. The average Bonchev–Trinajstić information content (AvgIpc) is 2.71. The largest absolute Gasteiger partial charge is 0.370 e. The molecule has 0 aliphatic heterocycles. The molecular weight excluding hydrogens is 406 g/mol. The van der Waals surface area contributed by atoms with Crippen LogP contribution in [0.3, 0.4) is 0 Å². The maximum absolute atomic E-state index is 12.4. The molecule has 0 aromatic heterocycles. The number of carbonyl (C=O) groups excluding carboxylic acids is 4. The molecule has 0 aromatic carbocycles. The summed E-state index contributed by atoms with van der Waals surface area (Å²) >= 11 is 0. The first-order valence-corrected chi connectivity index (χ1v) is 10.3. The fourth-order valence-electron chi connectivity index (χ4n) is 2.67. The van der Waals surface area contributed by atoms with E-state index < -0.39 is 29.8 Å². The fourth-order valence-corrected chi connectivity index (χ4v) is 2.67. The van der Waals surface area contributed by atoms with E-state index in [1.165, 1.54) is 0 Å².